The van der Waals surface area contributed by atoms with Gasteiger partial charge in [0.25, 0.3) is 0 Å². The van der Waals surface area contributed by atoms with E-state index in [1.807, 2.05) is 0 Å². The third kappa shape index (κ3) is 3.68. The first-order chi connectivity index (χ1) is 8.19. The largest absolute Gasteiger partial charge is 0.327 e. The van der Waals surface area contributed by atoms with Crippen LogP contribution in [0.5, 0.6) is 0 Å². The van der Waals surface area contributed by atoms with Gasteiger partial charge in [-0.3, -0.25) is 0 Å². The molecule has 0 radical (unpaired) electrons. The van der Waals surface area contributed by atoms with Crippen molar-refractivity contribution in [2.75, 3.05) is 0 Å². The molecule has 94 valence electrons. The molecule has 2 heteroatoms. The maximum absolute atomic E-state index is 6.36. The lowest BCUT2D eigenvalue weighted by atomic mass is 9.92. The van der Waals surface area contributed by atoms with Crippen molar-refractivity contribution in [3.8, 4) is 0 Å². The Morgan fingerprint density at radius 2 is 2.00 bits per heavy atom. The number of rotatable bonds is 4. The van der Waals surface area contributed by atoms with Crippen molar-refractivity contribution in [2.45, 2.75) is 45.1 Å². The van der Waals surface area contributed by atoms with Crippen LogP contribution in [0.15, 0.2) is 24.3 Å². The zero-order valence-corrected chi connectivity index (χ0v) is 12.7. The fourth-order valence-electron chi connectivity index (χ4n) is 2.93. The van der Waals surface area contributed by atoms with Gasteiger partial charge in [-0.2, -0.15) is 0 Å². The van der Waals surface area contributed by atoms with Gasteiger partial charge in [-0.05, 0) is 71.4 Å². The van der Waals surface area contributed by atoms with Crippen LogP contribution in [0.25, 0.3) is 0 Å². The Bertz CT molecular complexity index is 346. The molecule has 1 fully saturated rings. The fourth-order valence-corrected chi connectivity index (χ4v) is 3.29. The summed E-state index contributed by atoms with van der Waals surface area (Å²) in [6, 6.07) is 9.13. The molecular weight excluding hydrogens is 321 g/mol. The van der Waals surface area contributed by atoms with Gasteiger partial charge < -0.3 is 5.73 Å². The Morgan fingerprint density at radius 1 is 1.29 bits per heavy atom. The molecule has 0 aliphatic heterocycles. The first kappa shape index (κ1) is 13.3. The Morgan fingerprint density at radius 3 is 2.59 bits per heavy atom. The number of halogens is 1. The minimum absolute atomic E-state index is 0.353. The third-order valence-electron chi connectivity index (χ3n) is 4.15. The quantitative estimate of drug-likeness (QED) is 0.822. The van der Waals surface area contributed by atoms with Crippen LogP contribution in [-0.4, -0.2) is 6.04 Å². The highest BCUT2D eigenvalue weighted by molar-refractivity contribution is 14.1. The van der Waals surface area contributed by atoms with Crippen molar-refractivity contribution < 1.29 is 0 Å². The van der Waals surface area contributed by atoms with Crippen LogP contribution in [0.3, 0.4) is 0 Å². The first-order valence-corrected chi connectivity index (χ1v) is 7.77. The molecule has 0 spiro atoms. The molecule has 1 aromatic carbocycles. The molecule has 2 N–H and O–H groups in total. The van der Waals surface area contributed by atoms with E-state index in [2.05, 4.69) is 53.8 Å². The van der Waals surface area contributed by atoms with Gasteiger partial charge in [0.05, 0.1) is 0 Å². The smallest absolute Gasteiger partial charge is 0.0130 e. The summed E-state index contributed by atoms with van der Waals surface area (Å²) in [5.41, 5.74) is 7.75. The summed E-state index contributed by atoms with van der Waals surface area (Å²) < 4.78 is 1.30. The van der Waals surface area contributed by atoms with Crippen LogP contribution in [0.4, 0.5) is 0 Å². The maximum atomic E-state index is 6.36. The average Bonchev–Trinajstić information content (AvgIpc) is 2.81. The van der Waals surface area contributed by atoms with Crippen molar-refractivity contribution in [3.05, 3.63) is 33.4 Å². The summed E-state index contributed by atoms with van der Waals surface area (Å²) in [6.45, 7) is 2.30. The summed E-state index contributed by atoms with van der Waals surface area (Å²) >= 11 is 2.34. The van der Waals surface area contributed by atoms with E-state index in [-0.39, 0.29) is 0 Å². The third-order valence-corrected chi connectivity index (χ3v) is 4.87. The van der Waals surface area contributed by atoms with Gasteiger partial charge in [-0.25, -0.2) is 0 Å². The van der Waals surface area contributed by atoms with Crippen LogP contribution in [0.2, 0.25) is 0 Å². The minimum Gasteiger partial charge on any atom is -0.327 e. The van der Waals surface area contributed by atoms with Crippen molar-refractivity contribution in [1.29, 1.82) is 0 Å². The first-order valence-electron chi connectivity index (χ1n) is 6.69. The summed E-state index contributed by atoms with van der Waals surface area (Å²) in [4.78, 5) is 0. The van der Waals surface area contributed by atoms with E-state index in [0.717, 1.165) is 18.3 Å². The van der Waals surface area contributed by atoms with Crippen LogP contribution in [0, 0.1) is 15.4 Å². The fraction of sp³-hybridized carbons (Fsp3) is 0.600. The van der Waals surface area contributed by atoms with Crippen LogP contribution in [-0.2, 0) is 6.42 Å². The van der Waals surface area contributed by atoms with Gasteiger partial charge in [0.2, 0.25) is 0 Å². The van der Waals surface area contributed by atoms with E-state index in [4.69, 9.17) is 5.73 Å². The summed E-state index contributed by atoms with van der Waals surface area (Å²) in [5, 5.41) is 0. The van der Waals surface area contributed by atoms with Crippen molar-refractivity contribution in [2.24, 2.45) is 17.6 Å². The van der Waals surface area contributed by atoms with E-state index < -0.39 is 0 Å². The molecule has 1 aromatic rings. The van der Waals surface area contributed by atoms with Crippen molar-refractivity contribution >= 4 is 22.6 Å². The Labute approximate surface area is 118 Å². The van der Waals surface area contributed by atoms with Gasteiger partial charge in [0.1, 0.15) is 0 Å². The lowest BCUT2D eigenvalue weighted by Gasteiger charge is -2.19. The molecular formula is C15H22IN. The lowest BCUT2D eigenvalue weighted by Crippen LogP contribution is -2.30. The highest BCUT2D eigenvalue weighted by atomic mass is 127. The average molecular weight is 343 g/mol. The molecule has 1 nitrogen and oxygen atoms in total. The normalized spacial score (nSPS) is 26.1. The van der Waals surface area contributed by atoms with E-state index in [0.29, 0.717) is 6.04 Å². The summed E-state index contributed by atoms with van der Waals surface area (Å²) in [6.07, 6.45) is 6.44. The minimum atomic E-state index is 0.353. The van der Waals surface area contributed by atoms with Gasteiger partial charge in [-0.1, -0.05) is 31.9 Å². The molecule has 0 saturated heterocycles. The van der Waals surface area contributed by atoms with Gasteiger partial charge in [0, 0.05) is 9.61 Å². The van der Waals surface area contributed by atoms with Crippen molar-refractivity contribution in [3.63, 3.8) is 0 Å². The monoisotopic (exact) mass is 343 g/mol. The van der Waals surface area contributed by atoms with Crippen LogP contribution < -0.4 is 5.73 Å². The number of benzene rings is 1. The molecule has 2 rings (SSSR count). The predicted molar refractivity (Wildman–Crippen MR) is 82.0 cm³/mol. The van der Waals surface area contributed by atoms with Crippen LogP contribution in [0.1, 0.15) is 38.2 Å². The topological polar surface area (TPSA) is 26.0 Å². The standard InChI is InChI=1S/C15H22IN/c1-2-11-3-6-13(9-11)15(17)10-12-4-7-14(16)8-5-12/h4-5,7-8,11,13,15H,2-3,6,9-10,17H2,1H3. The van der Waals surface area contributed by atoms with E-state index in [9.17, 15) is 0 Å². The molecule has 0 heterocycles. The molecule has 0 aromatic heterocycles. The summed E-state index contributed by atoms with van der Waals surface area (Å²) in [7, 11) is 0. The van der Waals surface area contributed by atoms with E-state index >= 15 is 0 Å². The lowest BCUT2D eigenvalue weighted by molar-refractivity contribution is 0.405. The Kier molecular flexibility index (Phi) is 4.86. The maximum Gasteiger partial charge on any atom is 0.0130 e. The second-order valence-electron chi connectivity index (χ2n) is 5.34. The van der Waals surface area contributed by atoms with Gasteiger partial charge >= 0.3 is 0 Å². The highest BCUT2D eigenvalue weighted by Crippen LogP contribution is 2.35. The number of hydrogen-bond acceptors (Lipinski definition) is 1. The molecule has 1 aliphatic rings. The summed E-state index contributed by atoms with van der Waals surface area (Å²) in [5.74, 6) is 1.68. The van der Waals surface area contributed by atoms with Gasteiger partial charge in [0.15, 0.2) is 0 Å². The van der Waals surface area contributed by atoms with Gasteiger partial charge in [-0.15, -0.1) is 0 Å². The molecule has 17 heavy (non-hydrogen) atoms. The molecule has 1 saturated carbocycles. The molecule has 3 unspecified atom stereocenters. The number of hydrogen-bond donors (Lipinski definition) is 1. The molecule has 0 bridgehead atoms. The second kappa shape index (κ2) is 6.19. The zero-order chi connectivity index (χ0) is 12.3. The second-order valence-corrected chi connectivity index (χ2v) is 6.59. The van der Waals surface area contributed by atoms with Crippen molar-refractivity contribution in [1.82, 2.24) is 0 Å². The Balaban J connectivity index is 1.89. The molecule has 0 amide bonds. The highest BCUT2D eigenvalue weighted by Gasteiger charge is 2.27. The molecule has 3 atom stereocenters. The number of nitrogens with two attached hydrogens (primary N) is 1. The van der Waals surface area contributed by atoms with E-state index in [1.54, 1.807) is 0 Å². The Hall–Kier alpha value is -0.0900. The predicted octanol–water partition coefficient (Wildman–Crippen LogP) is 3.99. The van der Waals surface area contributed by atoms with Crippen LogP contribution >= 0.6 is 22.6 Å². The van der Waals surface area contributed by atoms with E-state index in [1.165, 1.54) is 34.8 Å². The SMILES string of the molecule is CCC1CCC(C(N)Cc2ccc(I)cc2)C1. The molecule has 1 aliphatic carbocycles. The zero-order valence-electron chi connectivity index (χ0n) is 10.5.